The first-order valence-corrected chi connectivity index (χ1v) is 6.16. The minimum Gasteiger partial charge on any atom is -0.452 e. The number of carbonyl (C=O) groups excluding carboxylic acids is 2. The fourth-order valence-corrected chi connectivity index (χ4v) is 1.45. The van der Waals surface area contributed by atoms with Crippen LogP contribution in [0.25, 0.3) is 0 Å². The number of ether oxygens (including phenoxy) is 1. The number of carbonyl (C=O) groups is 2. The second-order valence-electron chi connectivity index (χ2n) is 4.23. The molecule has 0 bridgehead atoms. The number of anilines is 1. The highest BCUT2D eigenvalue weighted by molar-refractivity contribution is 5.96. The van der Waals surface area contributed by atoms with Gasteiger partial charge in [-0.25, -0.2) is 4.79 Å². The lowest BCUT2D eigenvalue weighted by Crippen LogP contribution is -2.29. The van der Waals surface area contributed by atoms with Gasteiger partial charge in [0.2, 0.25) is 0 Å². The lowest BCUT2D eigenvalue weighted by atomic mass is 10.1. The number of nitrogens with one attached hydrogen (secondary N) is 1. The number of benzene rings is 1. The topological polar surface area (TPSA) is 81.4 Å². The van der Waals surface area contributed by atoms with Gasteiger partial charge in [0.25, 0.3) is 5.91 Å². The predicted octanol–water partition coefficient (Wildman–Crippen LogP) is 1.97. The Morgan fingerprint density at radius 1 is 1.33 bits per heavy atom. The zero-order valence-corrected chi connectivity index (χ0v) is 11.3. The van der Waals surface area contributed by atoms with Crippen molar-refractivity contribution in [3.05, 3.63) is 29.3 Å². The van der Waals surface area contributed by atoms with Crippen LogP contribution in [-0.4, -0.2) is 25.0 Å². The van der Waals surface area contributed by atoms with Gasteiger partial charge in [0.1, 0.15) is 0 Å². The Bertz CT molecular complexity index is 530. The van der Waals surface area contributed by atoms with E-state index in [9.17, 15) is 22.8 Å². The van der Waals surface area contributed by atoms with Crippen molar-refractivity contribution in [3.8, 4) is 0 Å². The first-order valence-electron chi connectivity index (χ1n) is 6.16. The van der Waals surface area contributed by atoms with Gasteiger partial charge < -0.3 is 15.8 Å². The van der Waals surface area contributed by atoms with Crippen molar-refractivity contribution in [1.29, 1.82) is 0 Å². The Morgan fingerprint density at radius 3 is 2.52 bits per heavy atom. The smallest absolute Gasteiger partial charge is 0.416 e. The zero-order chi connectivity index (χ0) is 16.0. The molecule has 5 nitrogen and oxygen atoms in total. The number of rotatable bonds is 5. The molecule has 0 unspecified atom stereocenters. The van der Waals surface area contributed by atoms with Crippen LogP contribution in [0, 0.1) is 0 Å². The molecular weight excluding hydrogens is 289 g/mol. The summed E-state index contributed by atoms with van der Waals surface area (Å²) in [4.78, 5) is 22.9. The summed E-state index contributed by atoms with van der Waals surface area (Å²) in [5.41, 5.74) is 3.87. The van der Waals surface area contributed by atoms with E-state index in [1.54, 1.807) is 0 Å². The van der Waals surface area contributed by atoms with Gasteiger partial charge in [0.05, 0.1) is 11.1 Å². The van der Waals surface area contributed by atoms with Crippen molar-refractivity contribution < 1.29 is 27.5 Å². The summed E-state index contributed by atoms with van der Waals surface area (Å²) in [5, 5.41) is 2.49. The standard InChI is InChI=1S/C13H15F3N2O3/c1-2-5-18-11(19)7-21-12(20)9-4-3-8(6-10(9)17)13(14,15)16/h3-4,6H,2,5,7,17H2,1H3,(H,18,19). The number of nitrogen functional groups attached to an aromatic ring is 1. The normalized spacial score (nSPS) is 11.0. The molecule has 116 valence electrons. The molecule has 3 N–H and O–H groups in total. The highest BCUT2D eigenvalue weighted by Gasteiger charge is 2.31. The molecule has 0 atom stereocenters. The average Bonchev–Trinajstić information content (AvgIpc) is 2.41. The second-order valence-corrected chi connectivity index (χ2v) is 4.23. The van der Waals surface area contributed by atoms with E-state index in [0.717, 1.165) is 18.6 Å². The van der Waals surface area contributed by atoms with E-state index in [4.69, 9.17) is 5.73 Å². The fraction of sp³-hybridized carbons (Fsp3) is 0.385. The summed E-state index contributed by atoms with van der Waals surface area (Å²) >= 11 is 0. The Morgan fingerprint density at radius 2 is 2.00 bits per heavy atom. The maximum Gasteiger partial charge on any atom is 0.416 e. The quantitative estimate of drug-likeness (QED) is 0.643. The fourth-order valence-electron chi connectivity index (χ4n) is 1.45. The molecule has 0 spiro atoms. The minimum atomic E-state index is -4.55. The van der Waals surface area contributed by atoms with Crippen LogP contribution in [0.4, 0.5) is 18.9 Å². The summed E-state index contributed by atoms with van der Waals surface area (Å²) in [6, 6.07) is 2.29. The molecule has 0 radical (unpaired) electrons. The number of nitrogens with two attached hydrogens (primary N) is 1. The minimum absolute atomic E-state index is 0.216. The summed E-state index contributed by atoms with van der Waals surface area (Å²) in [6.45, 7) is 1.79. The Hall–Kier alpha value is -2.25. The van der Waals surface area contributed by atoms with Gasteiger partial charge in [-0.15, -0.1) is 0 Å². The Balaban J connectivity index is 2.69. The van der Waals surface area contributed by atoms with Gasteiger partial charge in [-0.3, -0.25) is 4.79 Å². The molecule has 1 rings (SSSR count). The molecule has 0 aliphatic heterocycles. The molecule has 0 aliphatic rings. The Labute approximate surface area is 119 Å². The number of hydrogen-bond acceptors (Lipinski definition) is 4. The molecule has 0 saturated heterocycles. The van der Waals surface area contributed by atoms with E-state index in [0.29, 0.717) is 12.6 Å². The van der Waals surface area contributed by atoms with E-state index in [-0.39, 0.29) is 11.3 Å². The van der Waals surface area contributed by atoms with E-state index in [2.05, 4.69) is 10.1 Å². The molecule has 0 heterocycles. The van der Waals surface area contributed by atoms with Crippen LogP contribution < -0.4 is 11.1 Å². The molecule has 8 heteroatoms. The van der Waals surface area contributed by atoms with Crippen molar-refractivity contribution >= 4 is 17.6 Å². The number of esters is 1. The van der Waals surface area contributed by atoms with E-state index in [1.807, 2.05) is 6.92 Å². The van der Waals surface area contributed by atoms with Crippen molar-refractivity contribution in [2.45, 2.75) is 19.5 Å². The molecule has 0 aromatic heterocycles. The zero-order valence-electron chi connectivity index (χ0n) is 11.3. The van der Waals surface area contributed by atoms with Gasteiger partial charge in [0.15, 0.2) is 6.61 Å². The monoisotopic (exact) mass is 304 g/mol. The third kappa shape index (κ3) is 4.97. The number of alkyl halides is 3. The van der Waals surface area contributed by atoms with E-state index < -0.39 is 30.2 Å². The predicted molar refractivity (Wildman–Crippen MR) is 69.4 cm³/mol. The number of halogens is 3. The summed E-state index contributed by atoms with van der Waals surface area (Å²) in [6.07, 6.45) is -3.82. The first kappa shape index (κ1) is 16.8. The molecule has 1 aromatic rings. The summed E-state index contributed by atoms with van der Waals surface area (Å²) < 4.78 is 42.0. The SMILES string of the molecule is CCCNC(=O)COC(=O)c1ccc(C(F)(F)F)cc1N. The maximum absolute atomic E-state index is 12.4. The van der Waals surface area contributed by atoms with Gasteiger partial charge in [-0.05, 0) is 24.6 Å². The van der Waals surface area contributed by atoms with Crippen LogP contribution in [0.15, 0.2) is 18.2 Å². The number of hydrogen-bond donors (Lipinski definition) is 2. The second kappa shape index (κ2) is 6.96. The average molecular weight is 304 g/mol. The van der Waals surface area contributed by atoms with Crippen molar-refractivity contribution in [3.63, 3.8) is 0 Å². The molecule has 1 amide bonds. The van der Waals surface area contributed by atoms with E-state index in [1.165, 1.54) is 0 Å². The van der Waals surface area contributed by atoms with Gasteiger partial charge in [-0.1, -0.05) is 6.92 Å². The van der Waals surface area contributed by atoms with Crippen molar-refractivity contribution in [1.82, 2.24) is 5.32 Å². The summed E-state index contributed by atoms with van der Waals surface area (Å²) in [5.74, 6) is -1.44. The molecule has 0 saturated carbocycles. The third-order valence-corrected chi connectivity index (χ3v) is 2.51. The molecule has 0 aliphatic carbocycles. The molecule has 0 fully saturated rings. The molecule has 1 aromatic carbocycles. The largest absolute Gasteiger partial charge is 0.452 e. The van der Waals surface area contributed by atoms with E-state index >= 15 is 0 Å². The van der Waals surface area contributed by atoms with Crippen LogP contribution in [-0.2, 0) is 15.7 Å². The lowest BCUT2D eigenvalue weighted by molar-refractivity contribution is -0.137. The maximum atomic E-state index is 12.4. The highest BCUT2D eigenvalue weighted by atomic mass is 19.4. The Kier molecular flexibility index (Phi) is 5.57. The molecule has 21 heavy (non-hydrogen) atoms. The van der Waals surface area contributed by atoms with Crippen LogP contribution in [0.5, 0.6) is 0 Å². The van der Waals surface area contributed by atoms with Crippen LogP contribution in [0.2, 0.25) is 0 Å². The van der Waals surface area contributed by atoms with Crippen molar-refractivity contribution in [2.75, 3.05) is 18.9 Å². The number of amides is 1. The lowest BCUT2D eigenvalue weighted by Gasteiger charge is -2.10. The van der Waals surface area contributed by atoms with Crippen LogP contribution >= 0.6 is 0 Å². The third-order valence-electron chi connectivity index (χ3n) is 2.51. The highest BCUT2D eigenvalue weighted by Crippen LogP contribution is 2.31. The summed E-state index contributed by atoms with van der Waals surface area (Å²) in [7, 11) is 0. The first-order chi connectivity index (χ1) is 9.75. The van der Waals surface area contributed by atoms with Gasteiger partial charge in [-0.2, -0.15) is 13.2 Å². The van der Waals surface area contributed by atoms with Gasteiger partial charge >= 0.3 is 12.1 Å². The van der Waals surface area contributed by atoms with Crippen molar-refractivity contribution in [2.24, 2.45) is 0 Å². The molecular formula is C13H15F3N2O3. The van der Waals surface area contributed by atoms with Gasteiger partial charge in [0, 0.05) is 12.2 Å². The van der Waals surface area contributed by atoms with Crippen LogP contribution in [0.3, 0.4) is 0 Å². The van der Waals surface area contributed by atoms with Crippen LogP contribution in [0.1, 0.15) is 29.3 Å².